The first-order valence-corrected chi connectivity index (χ1v) is 8.41. The van der Waals surface area contributed by atoms with Crippen LogP contribution in [0.2, 0.25) is 0 Å². The summed E-state index contributed by atoms with van der Waals surface area (Å²) < 4.78 is 32.6. The lowest BCUT2D eigenvalue weighted by Gasteiger charge is -2.18. The molecular weight excluding hydrogens is 330 g/mol. The van der Waals surface area contributed by atoms with Gasteiger partial charge in [0, 0.05) is 4.47 Å². The minimum atomic E-state index is -3.37. The Balaban J connectivity index is 2.86. The van der Waals surface area contributed by atoms with Crippen molar-refractivity contribution in [3.63, 3.8) is 0 Å². The molecule has 1 aromatic rings. The predicted octanol–water partition coefficient (Wildman–Crippen LogP) is 3.64. The summed E-state index contributed by atoms with van der Waals surface area (Å²) >= 11 is 3.31. The van der Waals surface area contributed by atoms with Crippen LogP contribution < -0.4 is 9.46 Å². The molecular formula is C13H20BrNO3S. The van der Waals surface area contributed by atoms with Crippen molar-refractivity contribution in [1.29, 1.82) is 0 Å². The Morgan fingerprint density at radius 1 is 1.32 bits per heavy atom. The number of ether oxygens (including phenoxy) is 1. The topological polar surface area (TPSA) is 55.4 Å². The fourth-order valence-electron chi connectivity index (χ4n) is 1.42. The summed E-state index contributed by atoms with van der Waals surface area (Å²) in [5.41, 5.74) is 0.432. The molecule has 0 aliphatic rings. The van der Waals surface area contributed by atoms with Crippen molar-refractivity contribution in [1.82, 2.24) is 0 Å². The number of hydrogen-bond acceptors (Lipinski definition) is 3. The number of nitrogens with one attached hydrogen (secondary N) is 1. The van der Waals surface area contributed by atoms with Crippen molar-refractivity contribution in [2.24, 2.45) is 5.41 Å². The van der Waals surface area contributed by atoms with Crippen LogP contribution in [0.1, 0.15) is 27.2 Å². The van der Waals surface area contributed by atoms with Gasteiger partial charge in [-0.15, -0.1) is 0 Å². The highest BCUT2D eigenvalue weighted by Crippen LogP contribution is 2.29. The van der Waals surface area contributed by atoms with Crippen molar-refractivity contribution in [3.05, 3.63) is 22.7 Å². The molecule has 0 aromatic heterocycles. The van der Waals surface area contributed by atoms with Crippen molar-refractivity contribution < 1.29 is 13.2 Å². The van der Waals surface area contributed by atoms with Crippen LogP contribution in [-0.4, -0.2) is 21.3 Å². The second-order valence-corrected chi connectivity index (χ2v) is 8.33. The molecule has 0 aliphatic heterocycles. The molecule has 0 saturated heterocycles. The first-order chi connectivity index (χ1) is 8.63. The van der Waals surface area contributed by atoms with Crippen LogP contribution in [0.3, 0.4) is 0 Å². The van der Waals surface area contributed by atoms with E-state index in [-0.39, 0.29) is 11.2 Å². The van der Waals surface area contributed by atoms with Crippen LogP contribution in [0, 0.1) is 5.41 Å². The van der Waals surface area contributed by atoms with Crippen LogP contribution >= 0.6 is 15.9 Å². The summed E-state index contributed by atoms with van der Waals surface area (Å²) in [6.07, 6.45) is 0.596. The first-order valence-electron chi connectivity index (χ1n) is 5.97. The third-order valence-electron chi connectivity index (χ3n) is 2.55. The summed E-state index contributed by atoms with van der Waals surface area (Å²) in [4.78, 5) is 0. The van der Waals surface area contributed by atoms with Crippen LogP contribution in [0.5, 0.6) is 5.75 Å². The number of sulfonamides is 1. The fourth-order valence-corrected chi connectivity index (χ4v) is 3.26. The lowest BCUT2D eigenvalue weighted by atomic mass is 9.94. The van der Waals surface area contributed by atoms with E-state index in [1.54, 1.807) is 18.2 Å². The van der Waals surface area contributed by atoms with Crippen LogP contribution in [0.25, 0.3) is 0 Å². The second kappa shape index (κ2) is 6.13. The Hall–Kier alpha value is -0.750. The standard InChI is InChI=1S/C13H20BrNO3S/c1-13(2,3)7-8-19(16,17)15-11-9-10(14)5-6-12(11)18-4/h5-6,9,15H,7-8H2,1-4H3. The van der Waals surface area contributed by atoms with E-state index < -0.39 is 10.0 Å². The number of anilines is 1. The molecule has 0 saturated carbocycles. The second-order valence-electron chi connectivity index (χ2n) is 5.58. The lowest BCUT2D eigenvalue weighted by Crippen LogP contribution is -2.21. The van der Waals surface area contributed by atoms with Crippen molar-refractivity contribution >= 4 is 31.6 Å². The largest absolute Gasteiger partial charge is 0.495 e. The number of rotatable bonds is 5. The van der Waals surface area contributed by atoms with Gasteiger partial charge in [0.2, 0.25) is 10.0 Å². The van der Waals surface area contributed by atoms with E-state index >= 15 is 0 Å². The molecule has 0 aliphatic carbocycles. The molecule has 0 heterocycles. The average molecular weight is 350 g/mol. The Labute approximate surface area is 123 Å². The first kappa shape index (κ1) is 16.3. The van der Waals surface area contributed by atoms with E-state index in [2.05, 4.69) is 20.7 Å². The molecule has 0 bridgehead atoms. The average Bonchev–Trinajstić information content (AvgIpc) is 2.26. The molecule has 0 spiro atoms. The van der Waals surface area contributed by atoms with E-state index in [0.717, 1.165) is 4.47 Å². The third kappa shape index (κ3) is 5.82. The van der Waals surface area contributed by atoms with Crippen molar-refractivity contribution in [2.45, 2.75) is 27.2 Å². The van der Waals surface area contributed by atoms with Crippen LogP contribution in [0.15, 0.2) is 22.7 Å². The summed E-state index contributed by atoms with van der Waals surface area (Å²) in [6.45, 7) is 6.05. The third-order valence-corrected chi connectivity index (χ3v) is 4.31. The monoisotopic (exact) mass is 349 g/mol. The number of hydrogen-bond donors (Lipinski definition) is 1. The van der Waals surface area contributed by atoms with Gasteiger partial charge in [-0.25, -0.2) is 8.42 Å². The molecule has 6 heteroatoms. The smallest absolute Gasteiger partial charge is 0.232 e. The fraction of sp³-hybridized carbons (Fsp3) is 0.538. The predicted molar refractivity (Wildman–Crippen MR) is 82.2 cm³/mol. The van der Waals surface area contributed by atoms with Crippen LogP contribution in [-0.2, 0) is 10.0 Å². The summed E-state index contributed by atoms with van der Waals surface area (Å²) in [7, 11) is -1.86. The van der Waals surface area contributed by atoms with Crippen molar-refractivity contribution in [2.75, 3.05) is 17.6 Å². The quantitative estimate of drug-likeness (QED) is 0.882. The van der Waals surface area contributed by atoms with Gasteiger partial charge in [0.05, 0.1) is 18.6 Å². The van der Waals surface area contributed by atoms with Gasteiger partial charge in [-0.2, -0.15) is 0 Å². The maximum absolute atomic E-state index is 12.0. The molecule has 0 radical (unpaired) electrons. The zero-order chi connectivity index (χ0) is 14.7. The molecule has 108 valence electrons. The van der Waals surface area contributed by atoms with Gasteiger partial charge in [-0.3, -0.25) is 4.72 Å². The molecule has 0 fully saturated rings. The van der Waals surface area contributed by atoms with E-state index in [1.165, 1.54) is 7.11 Å². The number of methoxy groups -OCH3 is 1. The molecule has 0 unspecified atom stereocenters. The molecule has 1 aromatic carbocycles. The summed E-state index contributed by atoms with van der Waals surface area (Å²) in [5, 5.41) is 0. The van der Waals surface area contributed by atoms with Gasteiger partial charge in [-0.1, -0.05) is 36.7 Å². The van der Waals surface area contributed by atoms with Gasteiger partial charge >= 0.3 is 0 Å². The van der Waals surface area contributed by atoms with Gasteiger partial charge in [0.15, 0.2) is 0 Å². The molecule has 1 N–H and O–H groups in total. The Morgan fingerprint density at radius 2 is 1.95 bits per heavy atom. The van der Waals surface area contributed by atoms with Crippen LogP contribution in [0.4, 0.5) is 5.69 Å². The Morgan fingerprint density at radius 3 is 2.47 bits per heavy atom. The highest BCUT2D eigenvalue weighted by atomic mass is 79.9. The molecule has 1 rings (SSSR count). The van der Waals surface area contributed by atoms with E-state index in [1.807, 2.05) is 20.8 Å². The van der Waals surface area contributed by atoms with Gasteiger partial charge < -0.3 is 4.74 Å². The molecule has 0 amide bonds. The zero-order valence-corrected chi connectivity index (χ0v) is 14.1. The minimum absolute atomic E-state index is 0.0178. The summed E-state index contributed by atoms with van der Waals surface area (Å²) in [6, 6.07) is 5.20. The van der Waals surface area contributed by atoms with E-state index in [4.69, 9.17) is 4.74 Å². The Kier molecular flexibility index (Phi) is 5.26. The maximum atomic E-state index is 12.0. The summed E-state index contributed by atoms with van der Waals surface area (Å²) in [5.74, 6) is 0.592. The molecule has 19 heavy (non-hydrogen) atoms. The Bertz CT molecular complexity index is 535. The van der Waals surface area contributed by atoms with E-state index in [9.17, 15) is 8.42 Å². The van der Waals surface area contributed by atoms with Gasteiger partial charge in [0.25, 0.3) is 0 Å². The molecule has 4 nitrogen and oxygen atoms in total. The zero-order valence-electron chi connectivity index (χ0n) is 11.7. The van der Waals surface area contributed by atoms with Crippen molar-refractivity contribution in [3.8, 4) is 5.75 Å². The normalized spacial score (nSPS) is 12.3. The molecule has 0 atom stereocenters. The van der Waals surface area contributed by atoms with E-state index in [0.29, 0.717) is 17.9 Å². The number of benzene rings is 1. The van der Waals surface area contributed by atoms with Gasteiger partial charge in [-0.05, 0) is 30.0 Å². The number of halogens is 1. The highest BCUT2D eigenvalue weighted by molar-refractivity contribution is 9.10. The highest BCUT2D eigenvalue weighted by Gasteiger charge is 2.18. The lowest BCUT2D eigenvalue weighted by molar-refractivity contribution is 0.397. The van der Waals surface area contributed by atoms with Gasteiger partial charge in [0.1, 0.15) is 5.75 Å². The minimum Gasteiger partial charge on any atom is -0.495 e. The SMILES string of the molecule is COc1ccc(Br)cc1NS(=O)(=O)CCC(C)(C)C. The maximum Gasteiger partial charge on any atom is 0.232 e.